The maximum absolute atomic E-state index is 14.8. The van der Waals surface area contributed by atoms with Gasteiger partial charge < -0.3 is 25.6 Å². The summed E-state index contributed by atoms with van der Waals surface area (Å²) in [5, 5.41) is 23.5. The van der Waals surface area contributed by atoms with E-state index in [-0.39, 0.29) is 18.7 Å². The number of carbonyl (C=O) groups excluding carboxylic acids is 3. The molecule has 0 spiro atoms. The Labute approximate surface area is 234 Å². The van der Waals surface area contributed by atoms with Crippen molar-refractivity contribution >= 4 is 23.5 Å². The molecule has 3 unspecified atom stereocenters. The van der Waals surface area contributed by atoms with E-state index in [1.807, 2.05) is 0 Å². The molecule has 0 aromatic heterocycles. The van der Waals surface area contributed by atoms with Crippen LogP contribution >= 0.6 is 0 Å². The van der Waals surface area contributed by atoms with Crippen LogP contribution in [0.25, 0.3) is 0 Å². The summed E-state index contributed by atoms with van der Waals surface area (Å²) in [5.74, 6) is -1.88. The first-order chi connectivity index (χ1) is 19.7. The van der Waals surface area contributed by atoms with Crippen molar-refractivity contribution in [2.75, 3.05) is 18.5 Å². The lowest BCUT2D eigenvalue weighted by atomic mass is 10.0. The number of nitrogens with zero attached hydrogens (tertiary/aromatic N) is 1. The number of halogens is 2. The van der Waals surface area contributed by atoms with E-state index in [4.69, 9.17) is 9.84 Å². The van der Waals surface area contributed by atoms with E-state index in [2.05, 4.69) is 10.6 Å². The second-order valence-electron chi connectivity index (χ2n) is 10.2. The van der Waals surface area contributed by atoms with Crippen molar-refractivity contribution in [1.82, 2.24) is 10.2 Å². The number of imide groups is 1. The van der Waals surface area contributed by atoms with Gasteiger partial charge in [-0.1, -0.05) is 30.3 Å². The van der Waals surface area contributed by atoms with Crippen LogP contribution in [0.4, 0.5) is 19.3 Å². The van der Waals surface area contributed by atoms with E-state index < -0.39 is 54.3 Å². The maximum Gasteiger partial charge on any atom is 0.325 e. The number of benzene rings is 3. The van der Waals surface area contributed by atoms with Gasteiger partial charge in [-0.3, -0.25) is 9.59 Å². The number of hydrogen-bond acceptors (Lipinski definition) is 6. The highest BCUT2D eigenvalue weighted by atomic mass is 19.1. The monoisotopic (exact) mass is 565 g/mol. The van der Waals surface area contributed by atoms with Crippen LogP contribution in [0.15, 0.2) is 66.7 Å². The van der Waals surface area contributed by atoms with Crippen molar-refractivity contribution in [3.8, 4) is 5.75 Å². The average Bonchev–Trinajstić information content (AvgIpc) is 3.78. The molecule has 1 saturated carbocycles. The highest BCUT2D eigenvalue weighted by molar-refractivity contribution is 6.09. The van der Waals surface area contributed by atoms with E-state index >= 15 is 0 Å². The van der Waals surface area contributed by atoms with Gasteiger partial charge in [0.1, 0.15) is 42.2 Å². The molecule has 3 aromatic rings. The number of ether oxygens (including phenoxy) is 1. The number of aliphatic hydroxyl groups is 2. The molecule has 4 amide bonds. The van der Waals surface area contributed by atoms with Gasteiger partial charge in [0.25, 0.3) is 5.91 Å². The Hall–Kier alpha value is -4.35. The number of anilines is 1. The minimum absolute atomic E-state index is 0.0750. The first-order valence-corrected chi connectivity index (χ1v) is 13.2. The molecule has 0 radical (unpaired) electrons. The fourth-order valence-electron chi connectivity index (χ4n) is 4.68. The van der Waals surface area contributed by atoms with Gasteiger partial charge >= 0.3 is 6.03 Å². The molecule has 214 valence electrons. The molecule has 3 atom stereocenters. The summed E-state index contributed by atoms with van der Waals surface area (Å²) in [6.45, 7) is -0.589. The van der Waals surface area contributed by atoms with E-state index in [9.17, 15) is 28.3 Å². The van der Waals surface area contributed by atoms with Crippen LogP contribution < -0.4 is 15.4 Å². The molecule has 1 heterocycles. The Morgan fingerprint density at radius 3 is 2.34 bits per heavy atom. The lowest BCUT2D eigenvalue weighted by Gasteiger charge is -2.25. The number of carbonyl (C=O) groups is 3. The minimum Gasteiger partial charge on any atom is -0.491 e. The standard InChI is InChI=1S/C30H29F2N3O6/c31-21-8-1-17(2-9-21)13-26(28(38)33-25-12-7-20(14-24(25)32)18-3-4-18)35-29(39)27(34-30(35)40)19-5-10-23(11-6-19)41-16-22(37)15-36/h1-2,5-12,14,18,22,26-27,36-37H,3-4,13,15-16H2,(H,33,38)(H,34,40). The zero-order valence-electron chi connectivity index (χ0n) is 21.9. The number of hydrogen-bond donors (Lipinski definition) is 4. The lowest BCUT2D eigenvalue weighted by Crippen LogP contribution is -2.49. The van der Waals surface area contributed by atoms with Gasteiger partial charge in [-0.05, 0) is 71.8 Å². The maximum atomic E-state index is 14.8. The highest BCUT2D eigenvalue weighted by Crippen LogP contribution is 2.40. The summed E-state index contributed by atoms with van der Waals surface area (Å²) in [6.07, 6.45) is 0.800. The van der Waals surface area contributed by atoms with Crippen molar-refractivity contribution in [2.45, 2.75) is 43.4 Å². The van der Waals surface area contributed by atoms with Crippen LogP contribution in [0.3, 0.4) is 0 Å². The first kappa shape index (κ1) is 28.2. The van der Waals surface area contributed by atoms with Gasteiger partial charge in [0, 0.05) is 6.42 Å². The molecule has 1 aliphatic heterocycles. The molecule has 1 saturated heterocycles. The molecule has 9 nitrogen and oxygen atoms in total. The van der Waals surface area contributed by atoms with Crippen LogP contribution in [-0.2, 0) is 16.0 Å². The molecule has 0 bridgehead atoms. The first-order valence-electron chi connectivity index (χ1n) is 13.2. The number of amides is 4. The predicted molar refractivity (Wildman–Crippen MR) is 144 cm³/mol. The Morgan fingerprint density at radius 2 is 1.71 bits per heavy atom. The molecular weight excluding hydrogens is 536 g/mol. The zero-order valence-corrected chi connectivity index (χ0v) is 21.9. The predicted octanol–water partition coefficient (Wildman–Crippen LogP) is 3.42. The van der Waals surface area contributed by atoms with Gasteiger partial charge in [-0.15, -0.1) is 0 Å². The van der Waals surface area contributed by atoms with Crippen LogP contribution in [0, 0.1) is 11.6 Å². The van der Waals surface area contributed by atoms with Crippen molar-refractivity contribution in [1.29, 1.82) is 0 Å². The molecule has 41 heavy (non-hydrogen) atoms. The van der Waals surface area contributed by atoms with Gasteiger partial charge in [0.15, 0.2) is 0 Å². The van der Waals surface area contributed by atoms with Crippen molar-refractivity contribution < 1.29 is 38.1 Å². The van der Waals surface area contributed by atoms with E-state index in [0.29, 0.717) is 22.8 Å². The summed E-state index contributed by atoms with van der Waals surface area (Å²) in [7, 11) is 0. The van der Waals surface area contributed by atoms with Gasteiger partial charge in [-0.25, -0.2) is 18.5 Å². The molecule has 11 heteroatoms. The molecule has 1 aliphatic carbocycles. The highest BCUT2D eigenvalue weighted by Gasteiger charge is 2.45. The topological polar surface area (TPSA) is 128 Å². The number of rotatable bonds is 11. The molecule has 4 N–H and O–H groups in total. The Balaban J connectivity index is 1.36. The number of aliphatic hydroxyl groups excluding tert-OH is 2. The summed E-state index contributed by atoms with van der Waals surface area (Å²) in [4.78, 5) is 40.9. The molecule has 2 fully saturated rings. The molecule has 2 aliphatic rings. The Morgan fingerprint density at radius 1 is 1.02 bits per heavy atom. The Kier molecular flexibility index (Phi) is 8.27. The molecule has 3 aromatic carbocycles. The summed E-state index contributed by atoms with van der Waals surface area (Å²) in [5.41, 5.74) is 1.69. The summed E-state index contributed by atoms with van der Waals surface area (Å²) < 4.78 is 33.7. The van der Waals surface area contributed by atoms with Crippen LogP contribution in [0.1, 0.15) is 41.5 Å². The van der Waals surface area contributed by atoms with E-state index in [1.54, 1.807) is 18.2 Å². The van der Waals surface area contributed by atoms with Crippen molar-refractivity contribution in [2.24, 2.45) is 0 Å². The van der Waals surface area contributed by atoms with Gasteiger partial charge in [-0.2, -0.15) is 0 Å². The second kappa shape index (κ2) is 12.0. The largest absolute Gasteiger partial charge is 0.491 e. The Bertz CT molecular complexity index is 1430. The summed E-state index contributed by atoms with van der Waals surface area (Å²) >= 11 is 0. The smallest absolute Gasteiger partial charge is 0.325 e. The average molecular weight is 566 g/mol. The van der Waals surface area contributed by atoms with E-state index in [0.717, 1.165) is 23.3 Å². The van der Waals surface area contributed by atoms with Crippen LogP contribution in [-0.4, -0.2) is 58.3 Å². The second-order valence-corrected chi connectivity index (χ2v) is 10.2. The SMILES string of the molecule is O=C(Nc1ccc(C2CC2)cc1F)C(Cc1ccc(F)cc1)N1C(=O)NC(c2ccc(OCC(O)CO)cc2)C1=O. The zero-order chi connectivity index (χ0) is 29.1. The molecule has 5 rings (SSSR count). The van der Waals surface area contributed by atoms with E-state index in [1.165, 1.54) is 48.5 Å². The fraction of sp³-hybridized carbons (Fsp3) is 0.300. The third kappa shape index (κ3) is 6.53. The van der Waals surface area contributed by atoms with Crippen molar-refractivity contribution in [3.63, 3.8) is 0 Å². The fourth-order valence-corrected chi connectivity index (χ4v) is 4.68. The minimum atomic E-state index is -1.36. The molecular formula is C30H29F2N3O6. The van der Waals surface area contributed by atoms with Gasteiger partial charge in [0.2, 0.25) is 5.91 Å². The van der Waals surface area contributed by atoms with Crippen LogP contribution in [0.2, 0.25) is 0 Å². The lowest BCUT2D eigenvalue weighted by molar-refractivity contribution is -0.134. The third-order valence-corrected chi connectivity index (χ3v) is 7.09. The van der Waals surface area contributed by atoms with Crippen molar-refractivity contribution in [3.05, 3.63) is 95.1 Å². The normalized spacial score (nSPS) is 18.1. The number of nitrogens with one attached hydrogen (secondary N) is 2. The third-order valence-electron chi connectivity index (χ3n) is 7.09. The quantitative estimate of drug-likeness (QED) is 0.264. The number of urea groups is 1. The van der Waals surface area contributed by atoms with Gasteiger partial charge in [0.05, 0.1) is 12.3 Å². The summed E-state index contributed by atoms with van der Waals surface area (Å²) in [6, 6.07) is 12.8. The van der Waals surface area contributed by atoms with Crippen LogP contribution in [0.5, 0.6) is 5.75 Å².